The molecule has 0 amide bonds. The third-order valence-corrected chi connectivity index (χ3v) is 5.77. The van der Waals surface area contributed by atoms with Gasteiger partial charge in [0, 0.05) is 16.5 Å². The van der Waals surface area contributed by atoms with Gasteiger partial charge in [0.2, 0.25) is 0 Å². The molecule has 19 heavy (non-hydrogen) atoms. The highest BCUT2D eigenvalue weighted by molar-refractivity contribution is 9.11. The Morgan fingerprint density at radius 3 is 2.47 bits per heavy atom. The van der Waals surface area contributed by atoms with Crippen molar-refractivity contribution in [1.82, 2.24) is 0 Å². The first kappa shape index (κ1) is 15.0. The highest BCUT2D eigenvalue weighted by atomic mass is 79.9. The summed E-state index contributed by atoms with van der Waals surface area (Å²) in [5, 5.41) is 0.354. The number of thiophene rings is 1. The second-order valence-corrected chi connectivity index (χ2v) is 6.99. The molecule has 102 valence electrons. The fraction of sp³-hybridized carbons (Fsp3) is 0.231. The molecule has 0 N–H and O–H groups in total. The van der Waals surface area contributed by atoms with Crippen molar-refractivity contribution in [2.24, 2.45) is 0 Å². The summed E-state index contributed by atoms with van der Waals surface area (Å²) >= 11 is 17.4. The van der Waals surface area contributed by atoms with Crippen molar-refractivity contribution < 1.29 is 9.47 Å². The fourth-order valence-corrected chi connectivity index (χ4v) is 3.79. The molecule has 2 rings (SSSR count). The van der Waals surface area contributed by atoms with Crippen molar-refractivity contribution in [3.05, 3.63) is 43.5 Å². The summed E-state index contributed by atoms with van der Waals surface area (Å²) in [5.41, 5.74) is 0.885. The van der Waals surface area contributed by atoms with Gasteiger partial charge in [0.05, 0.1) is 28.4 Å². The summed E-state index contributed by atoms with van der Waals surface area (Å²) in [4.78, 5) is 0.960. The van der Waals surface area contributed by atoms with Crippen molar-refractivity contribution in [1.29, 1.82) is 0 Å². The first-order chi connectivity index (χ1) is 9.06. The molecule has 1 heterocycles. The van der Waals surface area contributed by atoms with Gasteiger partial charge in [0.25, 0.3) is 0 Å². The maximum absolute atomic E-state index is 6.51. The Kier molecular flexibility index (Phi) is 5.01. The van der Waals surface area contributed by atoms with Gasteiger partial charge in [-0.05, 0) is 34.1 Å². The van der Waals surface area contributed by atoms with E-state index in [0.717, 1.165) is 20.0 Å². The molecule has 0 fully saturated rings. The lowest BCUT2D eigenvalue weighted by atomic mass is 10.1. The zero-order valence-electron chi connectivity index (χ0n) is 10.2. The Bertz CT molecular complexity index is 567. The predicted molar refractivity (Wildman–Crippen MR) is 84.3 cm³/mol. The van der Waals surface area contributed by atoms with Crippen LogP contribution in [0.25, 0.3) is 0 Å². The van der Waals surface area contributed by atoms with Crippen LogP contribution in [0.3, 0.4) is 0 Å². The van der Waals surface area contributed by atoms with Crippen molar-refractivity contribution in [2.75, 3.05) is 14.2 Å². The van der Waals surface area contributed by atoms with Gasteiger partial charge in [-0.15, -0.1) is 22.9 Å². The van der Waals surface area contributed by atoms with Gasteiger partial charge in [-0.25, -0.2) is 0 Å². The van der Waals surface area contributed by atoms with E-state index in [1.54, 1.807) is 14.2 Å². The van der Waals surface area contributed by atoms with Crippen LogP contribution >= 0.6 is 50.5 Å². The molecule has 6 heteroatoms. The molecule has 1 unspecified atom stereocenters. The highest BCUT2D eigenvalue weighted by Gasteiger charge is 2.19. The number of halogens is 3. The van der Waals surface area contributed by atoms with Crippen LogP contribution in [0.5, 0.6) is 11.5 Å². The molecule has 0 bridgehead atoms. The third kappa shape index (κ3) is 3.19. The molecule has 0 saturated heterocycles. The standard InChI is InChI=1S/C13H11BrCl2O2S/c1-17-7-3-4-8(10(5-7)18-2)12(16)11-6-9(15)13(14)19-11/h3-6,12H,1-2H3. The van der Waals surface area contributed by atoms with Crippen molar-refractivity contribution in [3.8, 4) is 11.5 Å². The molecular formula is C13H11BrCl2O2S. The summed E-state index contributed by atoms with van der Waals surface area (Å²) < 4.78 is 11.4. The molecule has 2 nitrogen and oxygen atoms in total. The smallest absolute Gasteiger partial charge is 0.127 e. The zero-order valence-corrected chi connectivity index (χ0v) is 14.2. The van der Waals surface area contributed by atoms with E-state index >= 15 is 0 Å². The van der Waals surface area contributed by atoms with Crippen LogP contribution in [-0.2, 0) is 0 Å². The molecule has 1 aromatic carbocycles. The van der Waals surface area contributed by atoms with E-state index < -0.39 is 0 Å². The quantitative estimate of drug-likeness (QED) is 0.650. The fourth-order valence-electron chi connectivity index (χ4n) is 1.67. The molecular weight excluding hydrogens is 371 g/mol. The monoisotopic (exact) mass is 380 g/mol. The molecule has 1 atom stereocenters. The normalized spacial score (nSPS) is 12.3. The number of hydrogen-bond acceptors (Lipinski definition) is 3. The topological polar surface area (TPSA) is 18.5 Å². The first-order valence-electron chi connectivity index (χ1n) is 5.37. The summed E-state index contributed by atoms with van der Waals surface area (Å²) in [6, 6.07) is 7.43. The minimum absolute atomic E-state index is 0.311. The van der Waals surface area contributed by atoms with Gasteiger partial charge in [0.15, 0.2) is 0 Å². The van der Waals surface area contributed by atoms with Crippen molar-refractivity contribution in [3.63, 3.8) is 0 Å². The molecule has 0 aliphatic rings. The Balaban J connectivity index is 2.40. The van der Waals surface area contributed by atoms with E-state index in [9.17, 15) is 0 Å². The predicted octanol–water partition coefficient (Wildman–Crippen LogP) is 5.51. The van der Waals surface area contributed by atoms with Crippen LogP contribution in [0.2, 0.25) is 5.02 Å². The largest absolute Gasteiger partial charge is 0.497 e. The Labute approximate surface area is 134 Å². The lowest BCUT2D eigenvalue weighted by molar-refractivity contribution is 0.391. The first-order valence-corrected chi connectivity index (χ1v) is 7.80. The van der Waals surface area contributed by atoms with Crippen LogP contribution < -0.4 is 9.47 Å². The molecule has 0 radical (unpaired) electrons. The molecule has 0 aliphatic carbocycles. The van der Waals surface area contributed by atoms with Crippen LogP contribution in [0.4, 0.5) is 0 Å². The second kappa shape index (κ2) is 6.35. The average molecular weight is 382 g/mol. The average Bonchev–Trinajstić information content (AvgIpc) is 2.77. The van der Waals surface area contributed by atoms with E-state index in [0.29, 0.717) is 10.8 Å². The molecule has 2 aromatic rings. The van der Waals surface area contributed by atoms with Gasteiger partial charge in [-0.1, -0.05) is 11.6 Å². The van der Waals surface area contributed by atoms with Crippen LogP contribution in [0, 0.1) is 0 Å². The van der Waals surface area contributed by atoms with Crippen molar-refractivity contribution in [2.45, 2.75) is 5.38 Å². The van der Waals surface area contributed by atoms with E-state index in [4.69, 9.17) is 32.7 Å². The minimum Gasteiger partial charge on any atom is -0.497 e. The van der Waals surface area contributed by atoms with E-state index in [1.165, 1.54) is 11.3 Å². The van der Waals surface area contributed by atoms with Crippen LogP contribution in [-0.4, -0.2) is 14.2 Å². The summed E-state index contributed by atoms with van der Waals surface area (Å²) in [6.07, 6.45) is 0. The number of hydrogen-bond donors (Lipinski definition) is 0. The number of rotatable bonds is 4. The summed E-state index contributed by atoms with van der Waals surface area (Å²) in [5.74, 6) is 1.43. The number of methoxy groups -OCH3 is 2. The third-order valence-electron chi connectivity index (χ3n) is 2.63. The lowest BCUT2D eigenvalue weighted by Gasteiger charge is -2.13. The van der Waals surface area contributed by atoms with E-state index in [1.807, 2.05) is 24.3 Å². The number of ether oxygens (including phenoxy) is 2. The molecule has 0 spiro atoms. The number of benzene rings is 1. The van der Waals surface area contributed by atoms with E-state index in [2.05, 4.69) is 15.9 Å². The number of alkyl halides is 1. The van der Waals surface area contributed by atoms with Crippen molar-refractivity contribution >= 4 is 50.5 Å². The molecule has 1 aromatic heterocycles. The minimum atomic E-state index is -0.311. The maximum Gasteiger partial charge on any atom is 0.127 e. The van der Waals surface area contributed by atoms with Gasteiger partial charge >= 0.3 is 0 Å². The van der Waals surface area contributed by atoms with Gasteiger partial charge in [0.1, 0.15) is 11.5 Å². The highest BCUT2D eigenvalue weighted by Crippen LogP contribution is 2.43. The summed E-state index contributed by atoms with van der Waals surface area (Å²) in [6.45, 7) is 0. The Morgan fingerprint density at radius 2 is 1.95 bits per heavy atom. The Morgan fingerprint density at radius 1 is 1.21 bits per heavy atom. The molecule has 0 saturated carbocycles. The van der Waals surface area contributed by atoms with Gasteiger partial charge in [-0.3, -0.25) is 0 Å². The maximum atomic E-state index is 6.51. The SMILES string of the molecule is COc1ccc(C(Cl)c2cc(Cl)c(Br)s2)c(OC)c1. The second-order valence-electron chi connectivity index (χ2n) is 3.74. The van der Waals surface area contributed by atoms with Crippen LogP contribution in [0.1, 0.15) is 15.8 Å². The summed E-state index contributed by atoms with van der Waals surface area (Å²) in [7, 11) is 3.22. The van der Waals surface area contributed by atoms with Gasteiger partial charge in [-0.2, -0.15) is 0 Å². The Hall–Kier alpha value is -0.420. The molecule has 0 aliphatic heterocycles. The van der Waals surface area contributed by atoms with Gasteiger partial charge < -0.3 is 9.47 Å². The lowest BCUT2D eigenvalue weighted by Crippen LogP contribution is -1.96. The zero-order chi connectivity index (χ0) is 14.0. The van der Waals surface area contributed by atoms with E-state index in [-0.39, 0.29) is 5.38 Å². The van der Waals surface area contributed by atoms with Crippen LogP contribution in [0.15, 0.2) is 28.1 Å².